The molecule has 0 aliphatic heterocycles. The molecule has 2 aromatic carbocycles. The number of aryl methyl sites for hydroxylation is 1. The Balaban J connectivity index is 2.37. The van der Waals surface area contributed by atoms with Crippen LogP contribution in [0.4, 0.5) is 5.69 Å². The van der Waals surface area contributed by atoms with Gasteiger partial charge in [0.1, 0.15) is 5.75 Å². The molecule has 2 aromatic rings. The third-order valence-corrected chi connectivity index (χ3v) is 2.85. The first-order valence-corrected chi connectivity index (χ1v) is 5.66. The molecule has 3 nitrogen and oxygen atoms in total. The maximum Gasteiger partial charge on any atom is 0.193 e. The molecule has 2 rings (SSSR count). The quantitative estimate of drug-likeness (QED) is 0.664. The van der Waals surface area contributed by atoms with E-state index in [0.717, 1.165) is 11.3 Å². The number of nitrogen functional groups attached to an aromatic ring is 1. The minimum atomic E-state index is -0.00449. The Kier molecular flexibility index (Phi) is 3.33. The fourth-order valence-electron chi connectivity index (χ4n) is 1.81. The summed E-state index contributed by atoms with van der Waals surface area (Å²) in [5, 5.41) is 0. The molecule has 18 heavy (non-hydrogen) atoms. The second kappa shape index (κ2) is 4.92. The fourth-order valence-corrected chi connectivity index (χ4v) is 1.81. The second-order valence-corrected chi connectivity index (χ2v) is 4.13. The first-order valence-electron chi connectivity index (χ1n) is 5.66. The van der Waals surface area contributed by atoms with Crippen LogP contribution in [0.3, 0.4) is 0 Å². The Labute approximate surface area is 106 Å². The predicted octanol–water partition coefficient (Wildman–Crippen LogP) is 2.82. The SMILES string of the molecule is COc1ccc(C(=O)c2ccc(N)cc2)c(C)c1. The molecule has 0 fully saturated rings. The van der Waals surface area contributed by atoms with E-state index in [1.807, 2.05) is 13.0 Å². The first-order chi connectivity index (χ1) is 8.61. The Bertz CT molecular complexity index is 574. The molecule has 0 saturated heterocycles. The molecule has 0 spiro atoms. The highest BCUT2D eigenvalue weighted by Crippen LogP contribution is 2.20. The predicted molar refractivity (Wildman–Crippen MR) is 72.0 cm³/mol. The van der Waals surface area contributed by atoms with E-state index in [-0.39, 0.29) is 5.78 Å². The Morgan fingerprint density at radius 3 is 2.33 bits per heavy atom. The first kappa shape index (κ1) is 12.2. The zero-order chi connectivity index (χ0) is 13.1. The van der Waals surface area contributed by atoms with E-state index in [9.17, 15) is 4.79 Å². The Hall–Kier alpha value is -2.29. The van der Waals surface area contributed by atoms with Crippen LogP contribution >= 0.6 is 0 Å². The van der Waals surface area contributed by atoms with Gasteiger partial charge in [-0.25, -0.2) is 0 Å². The third-order valence-electron chi connectivity index (χ3n) is 2.85. The molecular formula is C15H15NO2. The normalized spacial score (nSPS) is 10.1. The van der Waals surface area contributed by atoms with E-state index < -0.39 is 0 Å². The van der Waals surface area contributed by atoms with Crippen LogP contribution in [0.25, 0.3) is 0 Å². The van der Waals surface area contributed by atoms with Gasteiger partial charge >= 0.3 is 0 Å². The van der Waals surface area contributed by atoms with Gasteiger partial charge in [0.2, 0.25) is 0 Å². The standard InChI is InChI=1S/C15H15NO2/c1-10-9-13(18-2)7-8-14(10)15(17)11-3-5-12(16)6-4-11/h3-9H,16H2,1-2H3. The van der Waals surface area contributed by atoms with Crippen molar-refractivity contribution in [3.63, 3.8) is 0 Å². The number of anilines is 1. The summed E-state index contributed by atoms with van der Waals surface area (Å²) in [5.74, 6) is 0.747. The van der Waals surface area contributed by atoms with Crippen molar-refractivity contribution in [3.05, 3.63) is 59.2 Å². The van der Waals surface area contributed by atoms with Gasteiger partial charge in [-0.15, -0.1) is 0 Å². The summed E-state index contributed by atoms with van der Waals surface area (Å²) in [6.07, 6.45) is 0. The number of hydrogen-bond donors (Lipinski definition) is 1. The molecule has 2 N–H and O–H groups in total. The summed E-state index contributed by atoms with van der Waals surface area (Å²) in [5.41, 5.74) is 8.47. The van der Waals surface area contributed by atoms with Gasteiger partial charge in [0.15, 0.2) is 5.78 Å². The Morgan fingerprint density at radius 1 is 1.11 bits per heavy atom. The molecule has 0 heterocycles. The average molecular weight is 241 g/mol. The average Bonchev–Trinajstić information content (AvgIpc) is 2.38. The lowest BCUT2D eigenvalue weighted by Gasteiger charge is -2.07. The maximum atomic E-state index is 12.3. The van der Waals surface area contributed by atoms with Crippen molar-refractivity contribution in [2.24, 2.45) is 0 Å². The van der Waals surface area contributed by atoms with Crippen LogP contribution in [0.15, 0.2) is 42.5 Å². The van der Waals surface area contributed by atoms with Gasteiger partial charge in [-0.2, -0.15) is 0 Å². The van der Waals surface area contributed by atoms with Gasteiger partial charge in [-0.05, 0) is 55.0 Å². The van der Waals surface area contributed by atoms with Crippen molar-refractivity contribution >= 4 is 11.5 Å². The lowest BCUT2D eigenvalue weighted by Crippen LogP contribution is -2.04. The summed E-state index contributed by atoms with van der Waals surface area (Å²) in [7, 11) is 1.61. The van der Waals surface area contributed by atoms with E-state index in [1.165, 1.54) is 0 Å². The van der Waals surface area contributed by atoms with E-state index in [4.69, 9.17) is 10.5 Å². The van der Waals surface area contributed by atoms with E-state index in [1.54, 1.807) is 43.5 Å². The van der Waals surface area contributed by atoms with Crippen LogP contribution in [0.1, 0.15) is 21.5 Å². The number of methoxy groups -OCH3 is 1. The molecule has 0 aliphatic rings. The van der Waals surface area contributed by atoms with Crippen molar-refractivity contribution in [1.29, 1.82) is 0 Å². The molecule has 0 atom stereocenters. The van der Waals surface area contributed by atoms with Crippen LogP contribution in [0.5, 0.6) is 5.75 Å². The number of ketones is 1. The van der Waals surface area contributed by atoms with Gasteiger partial charge in [-0.1, -0.05) is 0 Å². The summed E-state index contributed by atoms with van der Waals surface area (Å²) in [6, 6.07) is 12.4. The number of benzene rings is 2. The van der Waals surface area contributed by atoms with Crippen molar-refractivity contribution < 1.29 is 9.53 Å². The lowest BCUT2D eigenvalue weighted by atomic mass is 9.99. The van der Waals surface area contributed by atoms with Gasteiger partial charge in [0, 0.05) is 16.8 Å². The molecule has 0 radical (unpaired) electrons. The van der Waals surface area contributed by atoms with Crippen LogP contribution in [-0.2, 0) is 0 Å². The minimum absolute atomic E-state index is 0.00449. The largest absolute Gasteiger partial charge is 0.497 e. The highest BCUT2D eigenvalue weighted by molar-refractivity contribution is 6.10. The van der Waals surface area contributed by atoms with Gasteiger partial charge in [-0.3, -0.25) is 4.79 Å². The fraction of sp³-hybridized carbons (Fsp3) is 0.133. The topological polar surface area (TPSA) is 52.3 Å². The number of carbonyl (C=O) groups excluding carboxylic acids is 1. The lowest BCUT2D eigenvalue weighted by molar-refractivity contribution is 0.103. The molecule has 0 unspecified atom stereocenters. The van der Waals surface area contributed by atoms with Gasteiger partial charge < -0.3 is 10.5 Å². The molecule has 3 heteroatoms. The summed E-state index contributed by atoms with van der Waals surface area (Å²) in [6.45, 7) is 1.90. The van der Waals surface area contributed by atoms with Gasteiger partial charge in [0.25, 0.3) is 0 Å². The van der Waals surface area contributed by atoms with Crippen molar-refractivity contribution in [2.45, 2.75) is 6.92 Å². The summed E-state index contributed by atoms with van der Waals surface area (Å²) in [4.78, 5) is 12.3. The molecule has 92 valence electrons. The summed E-state index contributed by atoms with van der Waals surface area (Å²) < 4.78 is 5.12. The smallest absolute Gasteiger partial charge is 0.193 e. The highest BCUT2D eigenvalue weighted by Gasteiger charge is 2.11. The molecular weight excluding hydrogens is 226 g/mol. The number of ether oxygens (including phenoxy) is 1. The number of nitrogens with two attached hydrogens (primary N) is 1. The second-order valence-electron chi connectivity index (χ2n) is 4.13. The maximum absolute atomic E-state index is 12.3. The molecule has 0 aliphatic carbocycles. The van der Waals surface area contributed by atoms with Crippen molar-refractivity contribution in [3.8, 4) is 5.75 Å². The van der Waals surface area contributed by atoms with E-state index in [2.05, 4.69) is 0 Å². The molecule has 0 saturated carbocycles. The third kappa shape index (κ3) is 2.35. The number of hydrogen-bond acceptors (Lipinski definition) is 3. The molecule has 0 amide bonds. The summed E-state index contributed by atoms with van der Waals surface area (Å²) >= 11 is 0. The van der Waals surface area contributed by atoms with Gasteiger partial charge in [0.05, 0.1) is 7.11 Å². The molecule has 0 bridgehead atoms. The number of carbonyl (C=O) groups is 1. The van der Waals surface area contributed by atoms with E-state index in [0.29, 0.717) is 16.8 Å². The van der Waals surface area contributed by atoms with Crippen LogP contribution in [0.2, 0.25) is 0 Å². The monoisotopic (exact) mass is 241 g/mol. The zero-order valence-electron chi connectivity index (χ0n) is 10.4. The Morgan fingerprint density at radius 2 is 1.78 bits per heavy atom. The van der Waals surface area contributed by atoms with Crippen LogP contribution in [0, 0.1) is 6.92 Å². The van der Waals surface area contributed by atoms with E-state index >= 15 is 0 Å². The van der Waals surface area contributed by atoms with Crippen molar-refractivity contribution in [1.82, 2.24) is 0 Å². The minimum Gasteiger partial charge on any atom is -0.497 e. The van der Waals surface area contributed by atoms with Crippen LogP contribution < -0.4 is 10.5 Å². The zero-order valence-corrected chi connectivity index (χ0v) is 10.4. The molecule has 0 aromatic heterocycles. The highest BCUT2D eigenvalue weighted by atomic mass is 16.5. The number of rotatable bonds is 3. The van der Waals surface area contributed by atoms with Crippen LogP contribution in [-0.4, -0.2) is 12.9 Å². The van der Waals surface area contributed by atoms with Crippen molar-refractivity contribution in [2.75, 3.05) is 12.8 Å².